The summed E-state index contributed by atoms with van der Waals surface area (Å²) in [6.45, 7) is 9.23. The zero-order chi connectivity index (χ0) is 21.8. The Labute approximate surface area is 177 Å². The second-order valence-electron chi connectivity index (χ2n) is 7.23. The van der Waals surface area contributed by atoms with E-state index < -0.39 is 0 Å². The second-order valence-corrected chi connectivity index (χ2v) is 7.23. The Hall–Kier alpha value is -3.34. The maximum atomic E-state index is 13.1. The quantitative estimate of drug-likeness (QED) is 0.554. The van der Waals surface area contributed by atoms with Crippen molar-refractivity contribution in [3.8, 4) is 0 Å². The van der Waals surface area contributed by atoms with Crippen molar-refractivity contribution in [3.63, 3.8) is 0 Å². The molecule has 156 valence electrons. The van der Waals surface area contributed by atoms with E-state index in [1.165, 1.54) is 7.11 Å². The molecule has 3 aromatic carbocycles. The van der Waals surface area contributed by atoms with Gasteiger partial charge < -0.3 is 15.0 Å². The van der Waals surface area contributed by atoms with Gasteiger partial charge in [0.2, 0.25) is 0 Å². The predicted octanol–water partition coefficient (Wildman–Crippen LogP) is 5.47. The van der Waals surface area contributed by atoms with Gasteiger partial charge in [-0.3, -0.25) is 4.79 Å². The van der Waals surface area contributed by atoms with Crippen LogP contribution in [0, 0.1) is 13.8 Å². The highest BCUT2D eigenvalue weighted by Gasteiger charge is 2.19. The van der Waals surface area contributed by atoms with Crippen LogP contribution in [0.25, 0.3) is 10.8 Å². The maximum Gasteiger partial charge on any atom is 0.338 e. The molecule has 0 fully saturated rings. The summed E-state index contributed by atoms with van der Waals surface area (Å²) in [6.07, 6.45) is 0. The lowest BCUT2D eigenvalue weighted by Crippen LogP contribution is -2.30. The fourth-order valence-electron chi connectivity index (χ4n) is 3.81. The van der Waals surface area contributed by atoms with E-state index in [1.807, 2.05) is 75.1 Å². The third-order valence-electron chi connectivity index (χ3n) is 5.54. The van der Waals surface area contributed by atoms with Crippen molar-refractivity contribution in [2.75, 3.05) is 25.5 Å². The molecule has 0 spiro atoms. The van der Waals surface area contributed by atoms with Gasteiger partial charge in [0.25, 0.3) is 5.91 Å². The van der Waals surface area contributed by atoms with Crippen LogP contribution < -0.4 is 5.32 Å². The molecule has 0 atom stereocenters. The number of amides is 1. The lowest BCUT2D eigenvalue weighted by Gasteiger charge is -2.21. The number of hydrogen-bond donors (Lipinski definition) is 1. The van der Waals surface area contributed by atoms with E-state index in [4.69, 9.17) is 4.74 Å². The van der Waals surface area contributed by atoms with Crippen LogP contribution in [0.15, 0.2) is 48.5 Å². The first-order valence-electron chi connectivity index (χ1n) is 10.2. The predicted molar refractivity (Wildman–Crippen MR) is 122 cm³/mol. The minimum Gasteiger partial charge on any atom is -0.465 e. The number of carbonyl (C=O) groups excluding carboxylic acids is 2. The van der Waals surface area contributed by atoms with Crippen molar-refractivity contribution in [2.45, 2.75) is 27.7 Å². The lowest BCUT2D eigenvalue weighted by atomic mass is 9.97. The van der Waals surface area contributed by atoms with Crippen LogP contribution in [0.5, 0.6) is 0 Å². The summed E-state index contributed by atoms with van der Waals surface area (Å²) in [6, 6.07) is 15.4. The summed E-state index contributed by atoms with van der Waals surface area (Å²) in [5.74, 6) is -0.327. The number of anilines is 2. The van der Waals surface area contributed by atoms with Crippen molar-refractivity contribution in [1.29, 1.82) is 0 Å². The van der Waals surface area contributed by atoms with E-state index in [9.17, 15) is 9.59 Å². The Kier molecular flexibility index (Phi) is 6.40. The second kappa shape index (κ2) is 8.99. The third kappa shape index (κ3) is 3.88. The number of hydrogen-bond acceptors (Lipinski definition) is 4. The van der Waals surface area contributed by atoms with Gasteiger partial charge in [-0.25, -0.2) is 4.79 Å². The molecule has 0 unspecified atom stereocenters. The van der Waals surface area contributed by atoms with Crippen molar-refractivity contribution < 1.29 is 14.3 Å². The molecule has 0 aromatic heterocycles. The van der Waals surface area contributed by atoms with Gasteiger partial charge in [-0.1, -0.05) is 24.3 Å². The minimum absolute atomic E-state index is 0.0368. The van der Waals surface area contributed by atoms with E-state index in [0.717, 1.165) is 33.3 Å². The van der Waals surface area contributed by atoms with E-state index in [-0.39, 0.29) is 11.9 Å². The van der Waals surface area contributed by atoms with Crippen LogP contribution >= 0.6 is 0 Å². The lowest BCUT2D eigenvalue weighted by molar-refractivity contribution is 0.0599. The standard InChI is InChI=1S/C25H28N2O3/c1-6-27(7-2)24(28)20-14-15-22(19-12-8-10-16(3)23(19)20)26-21-13-9-11-18(17(21)4)25(29)30-5/h8-15,26H,6-7H2,1-5H3. The fourth-order valence-corrected chi connectivity index (χ4v) is 3.81. The van der Waals surface area contributed by atoms with Gasteiger partial charge in [-0.15, -0.1) is 0 Å². The van der Waals surface area contributed by atoms with Gasteiger partial charge in [0.15, 0.2) is 0 Å². The van der Waals surface area contributed by atoms with Crippen LogP contribution in [0.3, 0.4) is 0 Å². The number of esters is 1. The van der Waals surface area contributed by atoms with E-state index in [2.05, 4.69) is 5.32 Å². The molecule has 3 aromatic rings. The van der Waals surface area contributed by atoms with Crippen molar-refractivity contribution in [2.24, 2.45) is 0 Å². The monoisotopic (exact) mass is 404 g/mol. The van der Waals surface area contributed by atoms with Crippen LogP contribution in [-0.4, -0.2) is 37.0 Å². The molecule has 0 saturated heterocycles. The summed E-state index contributed by atoms with van der Waals surface area (Å²) < 4.78 is 4.89. The molecule has 30 heavy (non-hydrogen) atoms. The van der Waals surface area contributed by atoms with Crippen LogP contribution in [-0.2, 0) is 4.74 Å². The van der Waals surface area contributed by atoms with Crippen LogP contribution in [0.1, 0.15) is 45.7 Å². The number of carbonyl (C=O) groups is 2. The summed E-state index contributed by atoms with van der Waals surface area (Å²) >= 11 is 0. The molecule has 0 heterocycles. The summed E-state index contributed by atoms with van der Waals surface area (Å²) in [5.41, 5.74) is 4.80. The molecule has 0 saturated carbocycles. The average Bonchev–Trinajstić information content (AvgIpc) is 2.76. The third-order valence-corrected chi connectivity index (χ3v) is 5.54. The smallest absolute Gasteiger partial charge is 0.338 e. The van der Waals surface area contributed by atoms with Gasteiger partial charge in [0.1, 0.15) is 0 Å². The fraction of sp³-hybridized carbons (Fsp3) is 0.280. The normalized spacial score (nSPS) is 10.7. The van der Waals surface area contributed by atoms with Gasteiger partial charge in [-0.05, 0) is 68.5 Å². The molecule has 1 amide bonds. The topological polar surface area (TPSA) is 58.6 Å². The number of nitrogens with zero attached hydrogens (tertiary/aromatic N) is 1. The Morgan fingerprint density at radius 2 is 1.60 bits per heavy atom. The number of aryl methyl sites for hydroxylation is 1. The van der Waals surface area contributed by atoms with E-state index >= 15 is 0 Å². The zero-order valence-corrected chi connectivity index (χ0v) is 18.2. The molecule has 5 nitrogen and oxygen atoms in total. The summed E-state index contributed by atoms with van der Waals surface area (Å²) in [7, 11) is 1.38. The zero-order valence-electron chi connectivity index (χ0n) is 18.2. The number of methoxy groups -OCH3 is 1. The number of ether oxygens (including phenoxy) is 1. The minimum atomic E-state index is -0.364. The summed E-state index contributed by atoms with van der Waals surface area (Å²) in [4.78, 5) is 27.0. The number of benzene rings is 3. The van der Waals surface area contributed by atoms with E-state index in [1.54, 1.807) is 6.07 Å². The molecule has 3 rings (SSSR count). The van der Waals surface area contributed by atoms with Gasteiger partial charge in [0, 0.05) is 35.4 Å². The summed E-state index contributed by atoms with van der Waals surface area (Å²) in [5, 5.41) is 5.37. The molecular formula is C25H28N2O3. The Balaban J connectivity index is 2.12. The van der Waals surface area contributed by atoms with Crippen molar-refractivity contribution >= 4 is 34.0 Å². The first-order valence-corrected chi connectivity index (χ1v) is 10.2. The first-order chi connectivity index (χ1) is 14.4. The van der Waals surface area contributed by atoms with Crippen molar-refractivity contribution in [1.82, 2.24) is 4.90 Å². The van der Waals surface area contributed by atoms with Crippen LogP contribution in [0.4, 0.5) is 11.4 Å². The van der Waals surface area contributed by atoms with E-state index in [0.29, 0.717) is 24.2 Å². The highest BCUT2D eigenvalue weighted by molar-refractivity contribution is 6.12. The molecule has 0 aliphatic heterocycles. The van der Waals surface area contributed by atoms with Crippen LogP contribution in [0.2, 0.25) is 0 Å². The Morgan fingerprint density at radius 1 is 0.900 bits per heavy atom. The highest BCUT2D eigenvalue weighted by Crippen LogP contribution is 2.33. The SMILES string of the molecule is CCN(CC)C(=O)c1ccc(Nc2cccc(C(=O)OC)c2C)c2cccc(C)c12. The number of nitrogens with one attached hydrogen (secondary N) is 1. The maximum absolute atomic E-state index is 13.1. The Morgan fingerprint density at radius 3 is 2.27 bits per heavy atom. The van der Waals surface area contributed by atoms with Gasteiger partial charge in [0.05, 0.1) is 12.7 Å². The molecule has 0 radical (unpaired) electrons. The molecule has 1 N–H and O–H groups in total. The first kappa shape index (κ1) is 21.4. The largest absolute Gasteiger partial charge is 0.465 e. The van der Waals surface area contributed by atoms with Gasteiger partial charge in [-0.2, -0.15) is 0 Å². The molecular weight excluding hydrogens is 376 g/mol. The molecule has 0 aliphatic carbocycles. The molecule has 0 aliphatic rings. The van der Waals surface area contributed by atoms with Crippen molar-refractivity contribution in [3.05, 3.63) is 70.8 Å². The molecule has 5 heteroatoms. The number of fused-ring (bicyclic) bond motifs is 1. The molecule has 0 bridgehead atoms. The Bertz CT molecular complexity index is 1100. The average molecular weight is 405 g/mol. The number of rotatable bonds is 6. The highest BCUT2D eigenvalue weighted by atomic mass is 16.5. The van der Waals surface area contributed by atoms with Gasteiger partial charge >= 0.3 is 5.97 Å².